The second-order valence-electron chi connectivity index (χ2n) is 4.72. The van der Waals surface area contributed by atoms with Crippen LogP contribution in [0.25, 0.3) is 5.95 Å². The van der Waals surface area contributed by atoms with E-state index in [0.717, 1.165) is 18.8 Å². The van der Waals surface area contributed by atoms with Gasteiger partial charge in [-0.25, -0.2) is 4.68 Å². The molecule has 7 heteroatoms. The molecule has 0 aliphatic rings. The topological polar surface area (TPSA) is 59.7 Å². The highest BCUT2D eigenvalue weighted by atomic mass is 35.5. The maximum Gasteiger partial charge on any atom is 0.256 e. The first-order valence-electron chi connectivity index (χ1n) is 6.77. The summed E-state index contributed by atoms with van der Waals surface area (Å²) in [7, 11) is 0. The Balaban J connectivity index is 2.40. The number of aromatic nitrogens is 5. The maximum atomic E-state index is 6.00. The molecule has 108 valence electrons. The van der Waals surface area contributed by atoms with E-state index in [0.29, 0.717) is 17.8 Å². The van der Waals surface area contributed by atoms with E-state index in [1.165, 1.54) is 0 Å². The van der Waals surface area contributed by atoms with Gasteiger partial charge in [-0.3, -0.25) is 0 Å². The second kappa shape index (κ2) is 6.17. The van der Waals surface area contributed by atoms with Crippen molar-refractivity contribution in [3.05, 3.63) is 23.2 Å². The first kappa shape index (κ1) is 14.7. The summed E-state index contributed by atoms with van der Waals surface area (Å²) in [5.74, 6) is 1.38. The van der Waals surface area contributed by atoms with E-state index in [-0.39, 0.29) is 5.28 Å². The second-order valence-corrected chi connectivity index (χ2v) is 5.05. The Kier molecular flexibility index (Phi) is 4.54. The molecule has 2 aromatic rings. The van der Waals surface area contributed by atoms with Crippen LogP contribution in [0.4, 0.5) is 5.95 Å². The van der Waals surface area contributed by atoms with Crippen molar-refractivity contribution in [3.63, 3.8) is 0 Å². The zero-order chi connectivity index (χ0) is 14.7. The van der Waals surface area contributed by atoms with Crippen LogP contribution in [0.15, 0.2) is 12.3 Å². The van der Waals surface area contributed by atoms with Crippen molar-refractivity contribution < 1.29 is 0 Å². The van der Waals surface area contributed by atoms with Gasteiger partial charge in [0.05, 0.1) is 5.69 Å². The van der Waals surface area contributed by atoms with Gasteiger partial charge in [0, 0.05) is 19.3 Å². The molecule has 0 aliphatic carbocycles. The summed E-state index contributed by atoms with van der Waals surface area (Å²) in [6, 6.07) is 1.96. The zero-order valence-electron chi connectivity index (χ0n) is 12.2. The van der Waals surface area contributed by atoms with Crippen molar-refractivity contribution in [3.8, 4) is 5.95 Å². The van der Waals surface area contributed by atoms with Crippen LogP contribution in [-0.4, -0.2) is 37.8 Å². The van der Waals surface area contributed by atoms with Crippen molar-refractivity contribution in [1.29, 1.82) is 0 Å². The molecule has 6 nitrogen and oxygen atoms in total. The van der Waals surface area contributed by atoms with Gasteiger partial charge in [0.1, 0.15) is 0 Å². The molecule has 0 spiro atoms. The monoisotopic (exact) mass is 294 g/mol. The van der Waals surface area contributed by atoms with Crippen LogP contribution >= 0.6 is 11.6 Å². The highest BCUT2D eigenvalue weighted by molar-refractivity contribution is 6.28. The lowest BCUT2D eigenvalue weighted by atomic mass is 10.1. The smallest absolute Gasteiger partial charge is 0.256 e. The average molecular weight is 295 g/mol. The minimum atomic E-state index is 0.179. The standard InChI is InChI=1S/C13H19ClN6/c1-5-19(6-2)12-15-11(14)16-13(17-12)20-8-7-10(18-20)9(3)4/h7-9H,5-6H2,1-4H3. The lowest BCUT2D eigenvalue weighted by molar-refractivity contribution is 0.727. The summed E-state index contributed by atoms with van der Waals surface area (Å²) in [5.41, 5.74) is 0.992. The number of halogens is 1. The highest BCUT2D eigenvalue weighted by Crippen LogP contribution is 2.15. The molecule has 0 bridgehead atoms. The molecule has 2 aromatic heterocycles. The van der Waals surface area contributed by atoms with Gasteiger partial charge in [-0.15, -0.1) is 0 Å². The number of rotatable bonds is 5. The Bertz CT molecular complexity index is 576. The average Bonchev–Trinajstić information content (AvgIpc) is 2.89. The van der Waals surface area contributed by atoms with Crippen LogP contribution in [-0.2, 0) is 0 Å². The summed E-state index contributed by atoms with van der Waals surface area (Å²) < 4.78 is 1.63. The van der Waals surface area contributed by atoms with Crippen molar-refractivity contribution in [2.45, 2.75) is 33.6 Å². The van der Waals surface area contributed by atoms with E-state index in [1.807, 2.05) is 31.0 Å². The largest absolute Gasteiger partial charge is 0.341 e. The molecule has 2 rings (SSSR count). The predicted molar refractivity (Wildman–Crippen MR) is 79.6 cm³/mol. The highest BCUT2D eigenvalue weighted by Gasteiger charge is 2.13. The van der Waals surface area contributed by atoms with Gasteiger partial charge in [0.25, 0.3) is 5.95 Å². The van der Waals surface area contributed by atoms with Crippen LogP contribution < -0.4 is 4.90 Å². The Labute approximate surface area is 123 Å². The van der Waals surface area contributed by atoms with E-state index in [2.05, 4.69) is 33.9 Å². The van der Waals surface area contributed by atoms with Crippen molar-refractivity contribution in [1.82, 2.24) is 24.7 Å². The van der Waals surface area contributed by atoms with Crippen LogP contribution in [0.1, 0.15) is 39.3 Å². The number of hydrogen-bond acceptors (Lipinski definition) is 5. The van der Waals surface area contributed by atoms with Gasteiger partial charge in [-0.1, -0.05) is 13.8 Å². The summed E-state index contributed by atoms with van der Waals surface area (Å²) in [4.78, 5) is 14.8. The Morgan fingerprint density at radius 2 is 1.90 bits per heavy atom. The molecule has 20 heavy (non-hydrogen) atoms. The molecule has 0 radical (unpaired) electrons. The molecule has 0 fully saturated rings. The molecular formula is C13H19ClN6. The van der Waals surface area contributed by atoms with E-state index in [9.17, 15) is 0 Å². The molecule has 0 saturated carbocycles. The molecule has 0 unspecified atom stereocenters. The number of hydrogen-bond donors (Lipinski definition) is 0. The molecule has 0 N–H and O–H groups in total. The van der Waals surface area contributed by atoms with E-state index < -0.39 is 0 Å². The van der Waals surface area contributed by atoms with Gasteiger partial charge in [0.15, 0.2) is 0 Å². The van der Waals surface area contributed by atoms with Crippen molar-refractivity contribution >= 4 is 17.5 Å². The number of nitrogens with zero attached hydrogens (tertiary/aromatic N) is 6. The van der Waals surface area contributed by atoms with E-state index >= 15 is 0 Å². The van der Waals surface area contributed by atoms with Gasteiger partial charge in [0.2, 0.25) is 11.2 Å². The first-order valence-corrected chi connectivity index (χ1v) is 7.15. The SMILES string of the molecule is CCN(CC)c1nc(Cl)nc(-n2ccc(C(C)C)n2)n1. The van der Waals surface area contributed by atoms with Crippen LogP contribution in [0.3, 0.4) is 0 Å². The normalized spacial score (nSPS) is 11.1. The van der Waals surface area contributed by atoms with Gasteiger partial charge in [-0.05, 0) is 37.4 Å². The molecular weight excluding hydrogens is 276 g/mol. The minimum Gasteiger partial charge on any atom is -0.341 e. The van der Waals surface area contributed by atoms with Gasteiger partial charge in [-0.2, -0.15) is 20.1 Å². The van der Waals surface area contributed by atoms with E-state index in [4.69, 9.17) is 11.6 Å². The Morgan fingerprint density at radius 3 is 2.45 bits per heavy atom. The fraction of sp³-hybridized carbons (Fsp3) is 0.538. The molecule has 0 saturated heterocycles. The fourth-order valence-electron chi connectivity index (χ4n) is 1.84. The minimum absolute atomic E-state index is 0.179. The maximum absolute atomic E-state index is 6.00. The van der Waals surface area contributed by atoms with Crippen molar-refractivity contribution in [2.75, 3.05) is 18.0 Å². The Morgan fingerprint density at radius 1 is 1.20 bits per heavy atom. The number of anilines is 1. The zero-order valence-corrected chi connectivity index (χ0v) is 13.0. The third kappa shape index (κ3) is 3.07. The van der Waals surface area contributed by atoms with E-state index in [1.54, 1.807) is 4.68 Å². The van der Waals surface area contributed by atoms with Crippen molar-refractivity contribution in [2.24, 2.45) is 0 Å². The summed E-state index contributed by atoms with van der Waals surface area (Å²) in [5, 5.41) is 4.64. The lowest BCUT2D eigenvalue weighted by Gasteiger charge is -2.18. The van der Waals surface area contributed by atoms with Crippen LogP contribution in [0.2, 0.25) is 5.28 Å². The van der Waals surface area contributed by atoms with Crippen LogP contribution in [0, 0.1) is 0 Å². The van der Waals surface area contributed by atoms with Crippen LogP contribution in [0.5, 0.6) is 0 Å². The quantitative estimate of drug-likeness (QED) is 0.848. The molecule has 2 heterocycles. The molecule has 0 aromatic carbocycles. The first-order chi connectivity index (χ1) is 9.55. The third-order valence-electron chi connectivity index (χ3n) is 3.04. The van der Waals surface area contributed by atoms with Gasteiger partial charge < -0.3 is 4.90 Å². The summed E-state index contributed by atoms with van der Waals surface area (Å²) >= 11 is 6.00. The summed E-state index contributed by atoms with van der Waals surface area (Å²) in [6.45, 7) is 9.90. The fourth-order valence-corrected chi connectivity index (χ4v) is 1.99. The lowest BCUT2D eigenvalue weighted by Crippen LogP contribution is -2.25. The third-order valence-corrected chi connectivity index (χ3v) is 3.21. The molecule has 0 aliphatic heterocycles. The predicted octanol–water partition coefficient (Wildman–Crippen LogP) is 2.68. The molecule has 0 atom stereocenters. The summed E-state index contributed by atoms with van der Waals surface area (Å²) in [6.07, 6.45) is 1.84. The molecule has 0 amide bonds. The van der Waals surface area contributed by atoms with Gasteiger partial charge >= 0.3 is 0 Å². The Hall–Kier alpha value is -1.69.